The molecule has 0 radical (unpaired) electrons. The lowest BCUT2D eigenvalue weighted by Crippen LogP contribution is -2.41. The first-order valence-electron chi connectivity index (χ1n) is 7.20. The van der Waals surface area contributed by atoms with Crippen LogP contribution in [-0.2, 0) is 10.0 Å². The molecule has 2 aliphatic rings. The zero-order chi connectivity index (χ0) is 14.9. The van der Waals surface area contributed by atoms with Crippen molar-refractivity contribution in [1.82, 2.24) is 10.0 Å². The zero-order valence-electron chi connectivity index (χ0n) is 12.0. The number of rotatable bonds is 2. The van der Waals surface area contributed by atoms with Crippen LogP contribution in [0.25, 0.3) is 0 Å². The molecule has 3 N–H and O–H groups in total. The Labute approximate surface area is 125 Å². The first-order chi connectivity index (χ1) is 10.0. The van der Waals surface area contributed by atoms with Crippen molar-refractivity contribution in [2.75, 3.05) is 25.0 Å². The van der Waals surface area contributed by atoms with E-state index in [-0.39, 0.29) is 4.90 Å². The topological polar surface area (TPSA) is 82.6 Å². The number of fused-ring (bicyclic) bond motifs is 1. The second kappa shape index (κ2) is 5.65. The van der Waals surface area contributed by atoms with Crippen LogP contribution in [0.15, 0.2) is 28.1 Å². The Balaban J connectivity index is 1.79. The molecule has 0 amide bonds. The van der Waals surface area contributed by atoms with E-state index in [2.05, 4.69) is 20.3 Å². The number of nitrogens with zero attached hydrogens (tertiary/aromatic N) is 1. The van der Waals surface area contributed by atoms with Crippen LogP contribution >= 0.6 is 0 Å². The van der Waals surface area contributed by atoms with Gasteiger partial charge in [0.05, 0.1) is 5.69 Å². The number of anilines is 1. The molecule has 7 heteroatoms. The first-order valence-corrected chi connectivity index (χ1v) is 8.68. The van der Waals surface area contributed by atoms with Gasteiger partial charge in [0.25, 0.3) is 10.0 Å². The molecule has 0 bridgehead atoms. The predicted octanol–water partition coefficient (Wildman–Crippen LogP) is 1.05. The number of nitrogens with one attached hydrogen (secondary N) is 3. The standard InChI is InChI=1S/C14H20N4O2S/c1-10-2-3-12-13(8-10)21(19,20)18-14(17-12)16-9-11-4-6-15-7-5-11/h2-3,8,11,15H,4-7,9H2,1H3,(H2,16,17,18). The average molecular weight is 308 g/mol. The summed E-state index contributed by atoms with van der Waals surface area (Å²) >= 11 is 0. The third-order valence-electron chi connectivity index (χ3n) is 3.88. The number of guanidine groups is 1. The van der Waals surface area contributed by atoms with E-state index < -0.39 is 10.0 Å². The van der Waals surface area contributed by atoms with E-state index in [1.807, 2.05) is 13.0 Å². The molecular weight excluding hydrogens is 288 g/mol. The Morgan fingerprint density at radius 3 is 2.81 bits per heavy atom. The van der Waals surface area contributed by atoms with Crippen molar-refractivity contribution in [1.29, 1.82) is 0 Å². The van der Waals surface area contributed by atoms with E-state index in [1.54, 1.807) is 12.1 Å². The van der Waals surface area contributed by atoms with Crippen molar-refractivity contribution in [3.8, 4) is 0 Å². The van der Waals surface area contributed by atoms with Crippen molar-refractivity contribution in [3.63, 3.8) is 0 Å². The number of aliphatic imine (C=N–C) groups is 1. The fourth-order valence-corrected chi connectivity index (χ4v) is 3.88. The molecule has 6 nitrogen and oxygen atoms in total. The Hall–Kier alpha value is -1.60. The van der Waals surface area contributed by atoms with Crippen molar-refractivity contribution in [2.45, 2.75) is 24.7 Å². The monoisotopic (exact) mass is 308 g/mol. The smallest absolute Gasteiger partial charge is 0.266 e. The Morgan fingerprint density at radius 1 is 1.29 bits per heavy atom. The van der Waals surface area contributed by atoms with Crippen molar-refractivity contribution in [3.05, 3.63) is 23.8 Å². The highest BCUT2D eigenvalue weighted by molar-refractivity contribution is 7.90. The molecule has 0 unspecified atom stereocenters. The van der Waals surface area contributed by atoms with Gasteiger partial charge in [-0.05, 0) is 56.5 Å². The van der Waals surface area contributed by atoms with E-state index in [4.69, 9.17) is 0 Å². The van der Waals surface area contributed by atoms with Crippen LogP contribution < -0.4 is 15.4 Å². The van der Waals surface area contributed by atoms with Crippen LogP contribution in [0.3, 0.4) is 0 Å². The molecule has 0 aromatic heterocycles. The van der Waals surface area contributed by atoms with Gasteiger partial charge in [0.2, 0.25) is 5.96 Å². The molecule has 1 aromatic carbocycles. The lowest BCUT2D eigenvalue weighted by Gasteiger charge is -2.24. The van der Waals surface area contributed by atoms with Crippen LogP contribution in [-0.4, -0.2) is 34.0 Å². The maximum atomic E-state index is 12.2. The van der Waals surface area contributed by atoms with E-state index in [0.717, 1.165) is 31.5 Å². The van der Waals surface area contributed by atoms with Gasteiger partial charge >= 0.3 is 0 Å². The van der Waals surface area contributed by atoms with Crippen LogP contribution in [0.2, 0.25) is 0 Å². The second-order valence-corrected chi connectivity index (χ2v) is 7.26. The minimum atomic E-state index is -3.52. The first kappa shape index (κ1) is 14.3. The highest BCUT2D eigenvalue weighted by atomic mass is 32.2. The lowest BCUT2D eigenvalue weighted by atomic mass is 9.99. The molecule has 0 atom stereocenters. The molecule has 2 heterocycles. The molecular formula is C14H20N4O2S. The van der Waals surface area contributed by atoms with Gasteiger partial charge in [-0.1, -0.05) is 6.07 Å². The Morgan fingerprint density at radius 2 is 2.05 bits per heavy atom. The summed E-state index contributed by atoms with van der Waals surface area (Å²) in [6.07, 6.45) is 2.17. The van der Waals surface area contributed by atoms with Crippen molar-refractivity contribution < 1.29 is 8.42 Å². The SMILES string of the molecule is Cc1ccc2c(c1)S(=O)(=O)NC(=NCC1CCNCC1)N2. The van der Waals surface area contributed by atoms with Crippen molar-refractivity contribution in [2.24, 2.45) is 10.9 Å². The molecule has 21 heavy (non-hydrogen) atoms. The van der Waals surface area contributed by atoms with Gasteiger partial charge in [0.15, 0.2) is 0 Å². The Kier molecular flexibility index (Phi) is 3.86. The van der Waals surface area contributed by atoms with Gasteiger partial charge in [-0.15, -0.1) is 0 Å². The summed E-state index contributed by atoms with van der Waals surface area (Å²) in [5.41, 5.74) is 1.50. The number of hydrogen-bond acceptors (Lipinski definition) is 4. The van der Waals surface area contributed by atoms with Gasteiger partial charge in [-0.25, -0.2) is 13.1 Å². The third-order valence-corrected chi connectivity index (χ3v) is 5.26. The number of benzene rings is 1. The molecule has 0 spiro atoms. The number of aryl methyl sites for hydroxylation is 1. The minimum Gasteiger partial charge on any atom is -0.324 e. The summed E-state index contributed by atoms with van der Waals surface area (Å²) in [5.74, 6) is 0.842. The van der Waals surface area contributed by atoms with Crippen LogP contribution in [0.1, 0.15) is 18.4 Å². The van der Waals surface area contributed by atoms with Crippen molar-refractivity contribution >= 4 is 21.7 Å². The lowest BCUT2D eigenvalue weighted by molar-refractivity contribution is 0.383. The Bertz CT molecular complexity index is 664. The molecule has 0 saturated carbocycles. The van der Waals surface area contributed by atoms with Crippen LogP contribution in [0.5, 0.6) is 0 Å². The largest absolute Gasteiger partial charge is 0.324 e. The maximum absolute atomic E-state index is 12.2. The quantitative estimate of drug-likeness (QED) is 0.763. The molecule has 1 saturated heterocycles. The van der Waals surface area contributed by atoms with Crippen LogP contribution in [0, 0.1) is 12.8 Å². The molecule has 0 aliphatic carbocycles. The number of piperidine rings is 1. The fourth-order valence-electron chi connectivity index (χ4n) is 2.65. The number of sulfonamides is 1. The van der Waals surface area contributed by atoms with Gasteiger partial charge in [-0.3, -0.25) is 4.99 Å². The minimum absolute atomic E-state index is 0.281. The number of hydrogen-bond donors (Lipinski definition) is 3. The molecule has 2 aliphatic heterocycles. The third kappa shape index (κ3) is 3.19. The molecule has 1 fully saturated rings. The summed E-state index contributed by atoms with van der Waals surface area (Å²) in [6, 6.07) is 5.33. The van der Waals surface area contributed by atoms with Gasteiger partial charge in [-0.2, -0.15) is 0 Å². The summed E-state index contributed by atoms with van der Waals surface area (Å²) in [7, 11) is -3.52. The molecule has 3 rings (SSSR count). The summed E-state index contributed by atoms with van der Waals surface area (Å²) in [4.78, 5) is 4.69. The van der Waals surface area contributed by atoms with E-state index in [1.165, 1.54) is 0 Å². The molecule has 1 aromatic rings. The van der Waals surface area contributed by atoms with Gasteiger partial charge in [0, 0.05) is 6.54 Å². The predicted molar refractivity (Wildman–Crippen MR) is 83.0 cm³/mol. The van der Waals surface area contributed by atoms with Gasteiger partial charge in [0.1, 0.15) is 4.90 Å². The highest BCUT2D eigenvalue weighted by Crippen LogP contribution is 2.25. The highest BCUT2D eigenvalue weighted by Gasteiger charge is 2.26. The van der Waals surface area contributed by atoms with E-state index in [9.17, 15) is 8.42 Å². The average Bonchev–Trinajstić information content (AvgIpc) is 2.47. The molecule has 114 valence electrons. The maximum Gasteiger partial charge on any atom is 0.266 e. The zero-order valence-corrected chi connectivity index (χ0v) is 12.8. The van der Waals surface area contributed by atoms with E-state index >= 15 is 0 Å². The fraction of sp³-hybridized carbons (Fsp3) is 0.500. The summed E-state index contributed by atoms with van der Waals surface area (Å²) in [6.45, 7) is 4.54. The normalized spacial score (nSPS) is 23.2. The van der Waals surface area contributed by atoms with Gasteiger partial charge < -0.3 is 10.6 Å². The van der Waals surface area contributed by atoms with E-state index in [0.29, 0.717) is 24.1 Å². The summed E-state index contributed by atoms with van der Waals surface area (Å²) in [5, 5.41) is 6.37. The second-order valence-electron chi connectivity index (χ2n) is 5.61. The van der Waals surface area contributed by atoms with Crippen LogP contribution in [0.4, 0.5) is 5.69 Å². The summed E-state index contributed by atoms with van der Waals surface area (Å²) < 4.78 is 27.0.